The molecule has 0 atom stereocenters. The quantitative estimate of drug-likeness (QED) is 0.697. The number of rotatable bonds is 3. The Morgan fingerprint density at radius 3 is 2.85 bits per heavy atom. The molecule has 1 amide bonds. The van der Waals surface area contributed by atoms with Gasteiger partial charge in [0.2, 0.25) is 5.91 Å². The molecule has 1 aromatic carbocycles. The number of anilines is 1. The fourth-order valence-corrected chi connectivity index (χ4v) is 4.14. The van der Waals surface area contributed by atoms with Crippen molar-refractivity contribution in [2.24, 2.45) is 0 Å². The van der Waals surface area contributed by atoms with Gasteiger partial charge in [0, 0.05) is 23.7 Å². The zero-order valence-corrected chi connectivity index (χ0v) is 14.7. The second-order valence-electron chi connectivity index (χ2n) is 6.24. The number of carbonyl (C=O) groups excluding carboxylic acids is 1. The van der Waals surface area contributed by atoms with Crippen molar-refractivity contribution >= 4 is 33.3 Å². The highest BCUT2D eigenvalue weighted by molar-refractivity contribution is 7.13. The Morgan fingerprint density at radius 2 is 2.08 bits per heavy atom. The minimum absolute atomic E-state index is 0.229. The topological polar surface area (TPSA) is 51.0 Å². The van der Waals surface area contributed by atoms with Gasteiger partial charge in [-0.2, -0.15) is 22.6 Å². The van der Waals surface area contributed by atoms with E-state index in [2.05, 4.69) is 9.47 Å². The first-order valence-corrected chi connectivity index (χ1v) is 8.90. The SMILES string of the molecule is CN(C(=O)Cn1nc(C(F)(F)F)c2c1CCC2)c1nsc2ccccc12. The number of aromatic nitrogens is 3. The van der Waals surface area contributed by atoms with E-state index >= 15 is 0 Å². The summed E-state index contributed by atoms with van der Waals surface area (Å²) in [6, 6.07) is 7.52. The summed E-state index contributed by atoms with van der Waals surface area (Å²) in [6.07, 6.45) is -2.99. The summed E-state index contributed by atoms with van der Waals surface area (Å²) in [6.45, 7) is -0.235. The summed E-state index contributed by atoms with van der Waals surface area (Å²) in [4.78, 5) is 14.0. The molecule has 1 aliphatic carbocycles. The van der Waals surface area contributed by atoms with E-state index < -0.39 is 11.9 Å². The molecule has 0 fully saturated rings. The largest absolute Gasteiger partial charge is 0.435 e. The second-order valence-corrected chi connectivity index (χ2v) is 7.04. The minimum atomic E-state index is -4.50. The first-order valence-electron chi connectivity index (χ1n) is 8.13. The van der Waals surface area contributed by atoms with Crippen molar-refractivity contribution in [1.82, 2.24) is 14.2 Å². The minimum Gasteiger partial charge on any atom is -0.297 e. The third kappa shape index (κ3) is 2.76. The van der Waals surface area contributed by atoms with Gasteiger partial charge in [-0.3, -0.25) is 14.4 Å². The molecule has 5 nitrogen and oxygen atoms in total. The van der Waals surface area contributed by atoms with Gasteiger partial charge in [0.15, 0.2) is 11.5 Å². The van der Waals surface area contributed by atoms with Gasteiger partial charge in [-0.25, -0.2) is 0 Å². The number of fused-ring (bicyclic) bond motifs is 2. The maximum atomic E-state index is 13.2. The highest BCUT2D eigenvalue weighted by atomic mass is 32.1. The fourth-order valence-electron chi connectivity index (χ4n) is 3.33. The Hall–Kier alpha value is -2.42. The maximum Gasteiger partial charge on any atom is 0.435 e. The van der Waals surface area contributed by atoms with Crippen molar-refractivity contribution < 1.29 is 18.0 Å². The number of halogens is 3. The van der Waals surface area contributed by atoms with Crippen LogP contribution in [0.2, 0.25) is 0 Å². The molecule has 9 heteroatoms. The van der Waals surface area contributed by atoms with E-state index in [0.29, 0.717) is 30.8 Å². The van der Waals surface area contributed by atoms with Crippen molar-refractivity contribution in [1.29, 1.82) is 0 Å². The summed E-state index contributed by atoms with van der Waals surface area (Å²) in [5.41, 5.74) is -0.117. The second kappa shape index (κ2) is 6.08. The van der Waals surface area contributed by atoms with Crippen LogP contribution in [0.4, 0.5) is 19.0 Å². The molecule has 0 saturated carbocycles. The molecule has 0 N–H and O–H groups in total. The van der Waals surface area contributed by atoms with Crippen LogP contribution in [0.15, 0.2) is 24.3 Å². The third-order valence-electron chi connectivity index (χ3n) is 4.61. The Labute approximate surface area is 151 Å². The van der Waals surface area contributed by atoms with E-state index in [1.807, 2.05) is 24.3 Å². The van der Waals surface area contributed by atoms with Crippen molar-refractivity contribution in [2.45, 2.75) is 32.0 Å². The summed E-state index contributed by atoms with van der Waals surface area (Å²) in [5.74, 6) is 0.155. The maximum absolute atomic E-state index is 13.2. The Bertz CT molecular complexity index is 992. The number of benzene rings is 1. The van der Waals surface area contributed by atoms with Crippen LogP contribution >= 0.6 is 11.5 Å². The molecule has 0 radical (unpaired) electrons. The summed E-state index contributed by atoms with van der Waals surface area (Å²) in [5, 5.41) is 4.54. The number of hydrogen-bond acceptors (Lipinski definition) is 4. The van der Waals surface area contributed by atoms with Gasteiger partial charge in [0.25, 0.3) is 0 Å². The summed E-state index contributed by atoms with van der Waals surface area (Å²) >= 11 is 1.28. The monoisotopic (exact) mass is 380 g/mol. The molecular formula is C17H15F3N4OS. The van der Waals surface area contributed by atoms with Gasteiger partial charge in [0.05, 0.1) is 4.70 Å². The lowest BCUT2D eigenvalue weighted by Crippen LogP contribution is -2.31. The van der Waals surface area contributed by atoms with Gasteiger partial charge >= 0.3 is 6.18 Å². The number of carbonyl (C=O) groups is 1. The van der Waals surface area contributed by atoms with Gasteiger partial charge in [-0.05, 0) is 42.9 Å². The van der Waals surface area contributed by atoms with Gasteiger partial charge in [-0.15, -0.1) is 0 Å². The van der Waals surface area contributed by atoms with E-state index in [9.17, 15) is 18.0 Å². The Kier molecular flexibility index (Phi) is 3.98. The fraction of sp³-hybridized carbons (Fsp3) is 0.353. The summed E-state index contributed by atoms with van der Waals surface area (Å²) in [7, 11) is 1.58. The van der Waals surface area contributed by atoms with Gasteiger partial charge in [0.1, 0.15) is 6.54 Å². The molecular weight excluding hydrogens is 365 g/mol. The lowest BCUT2D eigenvalue weighted by Gasteiger charge is -2.16. The van der Waals surface area contributed by atoms with Crippen LogP contribution in [0.5, 0.6) is 0 Å². The first-order chi connectivity index (χ1) is 12.4. The molecule has 1 aliphatic rings. The normalized spacial score (nSPS) is 14.0. The zero-order valence-electron chi connectivity index (χ0n) is 13.9. The van der Waals surface area contributed by atoms with E-state index in [0.717, 1.165) is 10.1 Å². The van der Waals surface area contributed by atoms with E-state index in [1.165, 1.54) is 21.1 Å². The number of hydrogen-bond donors (Lipinski definition) is 0. The molecule has 0 aliphatic heterocycles. The van der Waals surface area contributed by atoms with Crippen LogP contribution in [0.25, 0.3) is 10.1 Å². The third-order valence-corrected chi connectivity index (χ3v) is 5.43. The molecule has 0 unspecified atom stereocenters. The van der Waals surface area contributed by atoms with Crippen molar-refractivity contribution in [2.75, 3.05) is 11.9 Å². The first kappa shape index (κ1) is 17.0. The highest BCUT2D eigenvalue weighted by Gasteiger charge is 2.40. The van der Waals surface area contributed by atoms with Crippen LogP contribution in [-0.4, -0.2) is 27.1 Å². The van der Waals surface area contributed by atoms with Gasteiger partial charge < -0.3 is 0 Å². The number of nitrogens with zero attached hydrogens (tertiary/aromatic N) is 4. The van der Waals surface area contributed by atoms with E-state index in [4.69, 9.17) is 0 Å². The van der Waals surface area contributed by atoms with E-state index in [-0.39, 0.29) is 18.0 Å². The molecule has 136 valence electrons. The number of alkyl halides is 3. The predicted molar refractivity (Wildman–Crippen MR) is 92.3 cm³/mol. The number of likely N-dealkylation sites (N-methyl/N-ethyl adjacent to an activating group) is 1. The standard InChI is InChI=1S/C17H15F3N4OS/c1-23(16-11-5-2-3-8-13(11)26-22-16)14(25)9-24-12-7-4-6-10(12)15(21-24)17(18,19)20/h2-3,5,8H,4,6-7,9H2,1H3. The smallest absolute Gasteiger partial charge is 0.297 e. The molecule has 0 spiro atoms. The molecule has 3 aromatic rings. The van der Waals surface area contributed by atoms with Crippen molar-refractivity contribution in [3.63, 3.8) is 0 Å². The van der Waals surface area contributed by atoms with Gasteiger partial charge in [-0.1, -0.05) is 12.1 Å². The molecule has 0 saturated heterocycles. The van der Waals surface area contributed by atoms with E-state index in [1.54, 1.807) is 7.05 Å². The molecule has 4 rings (SSSR count). The molecule has 26 heavy (non-hydrogen) atoms. The van der Waals surface area contributed by atoms with Crippen LogP contribution in [-0.2, 0) is 30.4 Å². The molecule has 2 aromatic heterocycles. The number of amides is 1. The zero-order chi connectivity index (χ0) is 18.5. The highest BCUT2D eigenvalue weighted by Crippen LogP contribution is 2.36. The van der Waals surface area contributed by atoms with Crippen LogP contribution < -0.4 is 4.90 Å². The Balaban J connectivity index is 1.63. The van der Waals surface area contributed by atoms with Crippen LogP contribution in [0.3, 0.4) is 0 Å². The van der Waals surface area contributed by atoms with Crippen molar-refractivity contribution in [3.8, 4) is 0 Å². The van der Waals surface area contributed by atoms with Crippen LogP contribution in [0, 0.1) is 0 Å². The molecule has 2 heterocycles. The van der Waals surface area contributed by atoms with Crippen molar-refractivity contribution in [3.05, 3.63) is 41.2 Å². The Morgan fingerprint density at radius 1 is 1.31 bits per heavy atom. The summed E-state index contributed by atoms with van der Waals surface area (Å²) < 4.78 is 46.0. The predicted octanol–water partition coefficient (Wildman–Crippen LogP) is 3.66. The lowest BCUT2D eigenvalue weighted by molar-refractivity contribution is -0.142. The van der Waals surface area contributed by atoms with Crippen LogP contribution in [0.1, 0.15) is 23.4 Å². The molecule has 0 bridgehead atoms. The average molecular weight is 380 g/mol. The lowest BCUT2D eigenvalue weighted by atomic mass is 10.2. The average Bonchev–Trinajstić information content (AvgIpc) is 3.28.